The van der Waals surface area contributed by atoms with Crippen molar-refractivity contribution < 1.29 is 23.5 Å². The third kappa shape index (κ3) is 2.74. The number of benzene rings is 1. The molecular weight excluding hydrogens is 272 g/mol. The maximum atomic E-state index is 13.1. The molecule has 0 fully saturated rings. The molecule has 2 rings (SSSR count). The summed E-state index contributed by atoms with van der Waals surface area (Å²) < 4.78 is 26.2. The summed E-state index contributed by atoms with van der Waals surface area (Å²) in [5.41, 5.74) is -0.947. The molecule has 0 atom stereocenters. The van der Waals surface area contributed by atoms with Gasteiger partial charge in [0.2, 0.25) is 0 Å². The van der Waals surface area contributed by atoms with Crippen LogP contribution in [-0.4, -0.2) is 27.0 Å². The summed E-state index contributed by atoms with van der Waals surface area (Å²) in [5.74, 6) is -5.11. The van der Waals surface area contributed by atoms with Gasteiger partial charge >= 0.3 is 5.97 Å². The lowest BCUT2D eigenvalue weighted by molar-refractivity contribution is 0.0691. The van der Waals surface area contributed by atoms with Crippen LogP contribution >= 0.6 is 0 Å². The fourth-order valence-corrected chi connectivity index (χ4v) is 1.47. The van der Waals surface area contributed by atoms with Crippen molar-refractivity contribution in [3.05, 3.63) is 53.6 Å². The highest BCUT2D eigenvalue weighted by Crippen LogP contribution is 2.17. The van der Waals surface area contributed by atoms with Crippen molar-refractivity contribution in [2.75, 3.05) is 5.32 Å². The number of nitrogens with zero attached hydrogens (tertiary/aromatic N) is 2. The number of amides is 1. The zero-order chi connectivity index (χ0) is 14.7. The number of hydrogen-bond donors (Lipinski definition) is 2. The number of carboxylic acids is 1. The third-order valence-corrected chi connectivity index (χ3v) is 2.35. The summed E-state index contributed by atoms with van der Waals surface area (Å²) in [6, 6.07) is 0.978. The van der Waals surface area contributed by atoms with E-state index in [0.29, 0.717) is 12.1 Å². The van der Waals surface area contributed by atoms with Gasteiger partial charge in [-0.05, 0) is 12.1 Å². The molecule has 6 nitrogen and oxygen atoms in total. The average molecular weight is 279 g/mol. The molecule has 0 aliphatic carbocycles. The van der Waals surface area contributed by atoms with Gasteiger partial charge in [0.1, 0.15) is 6.33 Å². The summed E-state index contributed by atoms with van der Waals surface area (Å²) in [7, 11) is 0. The Morgan fingerprint density at radius 1 is 1.05 bits per heavy atom. The fourth-order valence-electron chi connectivity index (χ4n) is 1.47. The molecule has 0 radical (unpaired) electrons. The Balaban J connectivity index is 2.39. The molecule has 0 aliphatic rings. The number of halogens is 2. The van der Waals surface area contributed by atoms with Crippen LogP contribution in [0.3, 0.4) is 0 Å². The number of aromatic nitrogens is 2. The van der Waals surface area contributed by atoms with Gasteiger partial charge in [0.25, 0.3) is 5.91 Å². The minimum absolute atomic E-state index is 0.193. The SMILES string of the molecule is O=C(O)c1cc(F)c(F)cc1C(=O)Nc1cncnc1. The Morgan fingerprint density at radius 2 is 1.60 bits per heavy atom. The fraction of sp³-hybridized carbons (Fsp3) is 0. The molecule has 1 heterocycles. The van der Waals surface area contributed by atoms with Gasteiger partial charge < -0.3 is 10.4 Å². The molecule has 0 saturated carbocycles. The highest BCUT2D eigenvalue weighted by Gasteiger charge is 2.20. The number of carbonyl (C=O) groups is 2. The zero-order valence-electron chi connectivity index (χ0n) is 9.80. The second-order valence-corrected chi connectivity index (χ2v) is 3.70. The number of aromatic carboxylic acids is 1. The van der Waals surface area contributed by atoms with Crippen LogP contribution in [0.4, 0.5) is 14.5 Å². The van der Waals surface area contributed by atoms with E-state index in [1.54, 1.807) is 0 Å². The largest absolute Gasteiger partial charge is 0.478 e. The number of anilines is 1. The summed E-state index contributed by atoms with van der Waals surface area (Å²) in [5, 5.41) is 11.2. The van der Waals surface area contributed by atoms with E-state index in [1.807, 2.05) is 0 Å². The Labute approximate surface area is 111 Å². The lowest BCUT2D eigenvalue weighted by atomic mass is 10.1. The third-order valence-electron chi connectivity index (χ3n) is 2.35. The van der Waals surface area contributed by atoms with E-state index in [4.69, 9.17) is 5.11 Å². The molecular formula is C12H7F2N3O3. The normalized spacial score (nSPS) is 10.1. The maximum absolute atomic E-state index is 13.1. The van der Waals surface area contributed by atoms with Crippen LogP contribution < -0.4 is 5.32 Å². The molecule has 1 aromatic heterocycles. The van der Waals surface area contributed by atoms with E-state index in [0.717, 1.165) is 0 Å². The minimum atomic E-state index is -1.54. The van der Waals surface area contributed by atoms with Crippen molar-refractivity contribution in [1.29, 1.82) is 0 Å². The first kappa shape index (κ1) is 13.5. The van der Waals surface area contributed by atoms with Crippen molar-refractivity contribution >= 4 is 17.6 Å². The highest BCUT2D eigenvalue weighted by atomic mass is 19.2. The molecule has 0 saturated heterocycles. The minimum Gasteiger partial charge on any atom is -0.478 e. The molecule has 20 heavy (non-hydrogen) atoms. The van der Waals surface area contributed by atoms with Crippen LogP contribution in [0.15, 0.2) is 30.9 Å². The monoisotopic (exact) mass is 279 g/mol. The molecule has 0 aliphatic heterocycles. The van der Waals surface area contributed by atoms with Gasteiger partial charge in [-0.15, -0.1) is 0 Å². The molecule has 0 spiro atoms. The predicted molar refractivity (Wildman–Crippen MR) is 63.3 cm³/mol. The molecule has 102 valence electrons. The number of nitrogens with one attached hydrogen (secondary N) is 1. The second kappa shape index (κ2) is 5.39. The van der Waals surface area contributed by atoms with E-state index < -0.39 is 34.6 Å². The molecule has 2 aromatic rings. The first-order valence-electron chi connectivity index (χ1n) is 5.27. The number of carbonyl (C=O) groups excluding carboxylic acids is 1. The first-order chi connectivity index (χ1) is 9.49. The topological polar surface area (TPSA) is 92.2 Å². The molecule has 2 N–H and O–H groups in total. The first-order valence-corrected chi connectivity index (χ1v) is 5.27. The van der Waals surface area contributed by atoms with Crippen molar-refractivity contribution in [3.8, 4) is 0 Å². The Morgan fingerprint density at radius 3 is 2.15 bits per heavy atom. The average Bonchev–Trinajstić information content (AvgIpc) is 2.42. The van der Waals surface area contributed by atoms with Crippen LogP contribution in [0.1, 0.15) is 20.7 Å². The molecule has 0 unspecified atom stereocenters. The van der Waals surface area contributed by atoms with Crippen molar-refractivity contribution in [2.24, 2.45) is 0 Å². The van der Waals surface area contributed by atoms with Crippen molar-refractivity contribution in [3.63, 3.8) is 0 Å². The zero-order valence-corrected chi connectivity index (χ0v) is 9.80. The Hall–Kier alpha value is -2.90. The summed E-state index contributed by atoms with van der Waals surface area (Å²) >= 11 is 0. The van der Waals surface area contributed by atoms with Crippen LogP contribution in [0, 0.1) is 11.6 Å². The molecule has 1 amide bonds. The lowest BCUT2D eigenvalue weighted by Gasteiger charge is -2.08. The van der Waals surface area contributed by atoms with Crippen LogP contribution in [0.2, 0.25) is 0 Å². The van der Waals surface area contributed by atoms with Crippen LogP contribution in [0.25, 0.3) is 0 Å². The number of hydrogen-bond acceptors (Lipinski definition) is 4. The van der Waals surface area contributed by atoms with E-state index in [2.05, 4.69) is 15.3 Å². The van der Waals surface area contributed by atoms with Gasteiger partial charge in [0.05, 0.1) is 29.2 Å². The van der Waals surface area contributed by atoms with Gasteiger partial charge in [-0.3, -0.25) is 4.79 Å². The standard InChI is InChI=1S/C12H7F2N3O3/c13-9-1-7(8(12(19)20)2-10(9)14)11(18)17-6-3-15-5-16-4-6/h1-5H,(H,17,18)(H,19,20). The van der Waals surface area contributed by atoms with Gasteiger partial charge in [0, 0.05) is 0 Å². The van der Waals surface area contributed by atoms with E-state index in [1.165, 1.54) is 18.7 Å². The molecule has 8 heteroatoms. The van der Waals surface area contributed by atoms with Gasteiger partial charge in [-0.25, -0.2) is 23.5 Å². The quantitative estimate of drug-likeness (QED) is 0.892. The number of rotatable bonds is 3. The number of carboxylic acid groups (broad SMARTS) is 1. The second-order valence-electron chi connectivity index (χ2n) is 3.70. The van der Waals surface area contributed by atoms with E-state index in [9.17, 15) is 18.4 Å². The van der Waals surface area contributed by atoms with Gasteiger partial charge in [-0.2, -0.15) is 0 Å². The maximum Gasteiger partial charge on any atom is 0.336 e. The van der Waals surface area contributed by atoms with E-state index in [-0.39, 0.29) is 5.69 Å². The van der Waals surface area contributed by atoms with Crippen LogP contribution in [-0.2, 0) is 0 Å². The predicted octanol–water partition coefficient (Wildman–Crippen LogP) is 1.71. The molecule has 1 aromatic carbocycles. The summed E-state index contributed by atoms with van der Waals surface area (Å²) in [6.45, 7) is 0. The smallest absolute Gasteiger partial charge is 0.336 e. The van der Waals surface area contributed by atoms with Gasteiger partial charge in [-0.1, -0.05) is 0 Å². The summed E-state index contributed by atoms with van der Waals surface area (Å²) in [4.78, 5) is 30.1. The van der Waals surface area contributed by atoms with Gasteiger partial charge in [0.15, 0.2) is 11.6 Å². The molecule has 0 bridgehead atoms. The highest BCUT2D eigenvalue weighted by molar-refractivity contribution is 6.10. The lowest BCUT2D eigenvalue weighted by Crippen LogP contribution is -2.17. The summed E-state index contributed by atoms with van der Waals surface area (Å²) in [6.07, 6.45) is 3.77. The van der Waals surface area contributed by atoms with Crippen molar-refractivity contribution in [1.82, 2.24) is 9.97 Å². The Bertz CT molecular complexity index is 677. The Kier molecular flexibility index (Phi) is 3.65. The van der Waals surface area contributed by atoms with Crippen molar-refractivity contribution in [2.45, 2.75) is 0 Å². The van der Waals surface area contributed by atoms with E-state index >= 15 is 0 Å². The van der Waals surface area contributed by atoms with Crippen LogP contribution in [0.5, 0.6) is 0 Å².